The fraction of sp³-hybridized carbons (Fsp3) is 0.857. The van der Waals surface area contributed by atoms with Gasteiger partial charge in [-0.25, -0.2) is 0 Å². The quantitative estimate of drug-likeness (QED) is 0.482. The Labute approximate surface area is 54.4 Å². The summed E-state index contributed by atoms with van der Waals surface area (Å²) >= 11 is 0. The van der Waals surface area contributed by atoms with E-state index >= 15 is 0 Å². The molecule has 48 valence electrons. The summed E-state index contributed by atoms with van der Waals surface area (Å²) in [5, 5.41) is 8.56. The van der Waals surface area contributed by atoms with Crippen molar-refractivity contribution in [3.8, 4) is 6.07 Å². The molecule has 2 aliphatic rings. The first kappa shape index (κ1) is 5.25. The lowest BCUT2D eigenvalue weighted by atomic mass is 9.91. The third kappa shape index (κ3) is 0.650. The SMILES string of the molecule is N#CC1C[C@H]2CC[C@@H]1O2. The molecule has 2 nitrogen and oxygen atoms in total. The van der Waals surface area contributed by atoms with Crippen LogP contribution in [0.5, 0.6) is 0 Å². The molecule has 0 aromatic carbocycles. The molecule has 2 aliphatic heterocycles. The summed E-state index contributed by atoms with van der Waals surface area (Å²) in [5.74, 6) is 0.212. The smallest absolute Gasteiger partial charge is 0.0750 e. The maximum Gasteiger partial charge on any atom is 0.0750 e. The van der Waals surface area contributed by atoms with Crippen molar-refractivity contribution in [2.45, 2.75) is 31.5 Å². The minimum Gasteiger partial charge on any atom is -0.374 e. The molecule has 0 radical (unpaired) electrons. The fourth-order valence-corrected chi connectivity index (χ4v) is 1.77. The van der Waals surface area contributed by atoms with Crippen molar-refractivity contribution in [3.05, 3.63) is 0 Å². The van der Waals surface area contributed by atoms with Crippen LogP contribution in [0.1, 0.15) is 19.3 Å². The van der Waals surface area contributed by atoms with Gasteiger partial charge in [-0.3, -0.25) is 0 Å². The second-order valence-corrected chi connectivity index (χ2v) is 2.85. The molecule has 0 saturated carbocycles. The first-order valence-corrected chi connectivity index (χ1v) is 3.45. The Hall–Kier alpha value is -0.550. The molecule has 0 aromatic heterocycles. The molecule has 0 spiro atoms. The van der Waals surface area contributed by atoms with Crippen LogP contribution in [0.4, 0.5) is 0 Å². The third-order valence-electron chi connectivity index (χ3n) is 2.27. The van der Waals surface area contributed by atoms with E-state index in [4.69, 9.17) is 10.00 Å². The normalized spacial score (nSPS) is 47.2. The van der Waals surface area contributed by atoms with E-state index in [1.807, 2.05) is 0 Å². The van der Waals surface area contributed by atoms with Crippen molar-refractivity contribution in [1.82, 2.24) is 0 Å². The molecule has 1 unspecified atom stereocenters. The van der Waals surface area contributed by atoms with Crippen LogP contribution >= 0.6 is 0 Å². The first-order valence-electron chi connectivity index (χ1n) is 3.45. The third-order valence-corrected chi connectivity index (χ3v) is 2.27. The van der Waals surface area contributed by atoms with Crippen LogP contribution in [-0.2, 0) is 4.74 Å². The largest absolute Gasteiger partial charge is 0.374 e. The van der Waals surface area contributed by atoms with Crippen LogP contribution in [-0.4, -0.2) is 12.2 Å². The van der Waals surface area contributed by atoms with Gasteiger partial charge in [-0.2, -0.15) is 5.26 Å². The van der Waals surface area contributed by atoms with E-state index < -0.39 is 0 Å². The van der Waals surface area contributed by atoms with Gasteiger partial charge in [0.2, 0.25) is 0 Å². The Balaban J connectivity index is 2.12. The molecule has 2 bridgehead atoms. The highest BCUT2D eigenvalue weighted by molar-refractivity contribution is 4.99. The number of fused-ring (bicyclic) bond motifs is 2. The fourth-order valence-electron chi connectivity index (χ4n) is 1.77. The monoisotopic (exact) mass is 123 g/mol. The summed E-state index contributed by atoms with van der Waals surface area (Å²) in [6, 6.07) is 2.27. The Morgan fingerprint density at radius 3 is 2.67 bits per heavy atom. The van der Waals surface area contributed by atoms with Crippen LogP contribution in [0.2, 0.25) is 0 Å². The summed E-state index contributed by atoms with van der Waals surface area (Å²) in [6.45, 7) is 0. The lowest BCUT2D eigenvalue weighted by Gasteiger charge is -2.08. The second-order valence-electron chi connectivity index (χ2n) is 2.85. The molecule has 0 aromatic rings. The van der Waals surface area contributed by atoms with Crippen molar-refractivity contribution in [2.75, 3.05) is 0 Å². The Morgan fingerprint density at radius 1 is 1.44 bits per heavy atom. The maximum atomic E-state index is 8.56. The Morgan fingerprint density at radius 2 is 2.33 bits per heavy atom. The molecule has 2 rings (SSSR count). The van der Waals surface area contributed by atoms with Crippen molar-refractivity contribution in [1.29, 1.82) is 5.26 Å². The van der Waals surface area contributed by atoms with Crippen molar-refractivity contribution in [2.24, 2.45) is 5.92 Å². The zero-order valence-corrected chi connectivity index (χ0v) is 5.21. The first-order chi connectivity index (χ1) is 4.40. The molecular weight excluding hydrogens is 114 g/mol. The van der Waals surface area contributed by atoms with Gasteiger partial charge in [0.15, 0.2) is 0 Å². The summed E-state index contributed by atoms with van der Waals surface area (Å²) in [5.41, 5.74) is 0. The van der Waals surface area contributed by atoms with Crippen molar-refractivity contribution >= 4 is 0 Å². The number of rotatable bonds is 0. The molecular formula is C7H9NO. The topological polar surface area (TPSA) is 33.0 Å². The zero-order valence-electron chi connectivity index (χ0n) is 5.21. The van der Waals surface area contributed by atoms with E-state index in [0.717, 1.165) is 12.8 Å². The van der Waals surface area contributed by atoms with Gasteiger partial charge in [0.1, 0.15) is 0 Å². The average molecular weight is 123 g/mol. The van der Waals surface area contributed by atoms with Gasteiger partial charge >= 0.3 is 0 Å². The summed E-state index contributed by atoms with van der Waals surface area (Å²) in [4.78, 5) is 0. The summed E-state index contributed by atoms with van der Waals surface area (Å²) in [7, 11) is 0. The predicted molar refractivity (Wildman–Crippen MR) is 31.6 cm³/mol. The van der Waals surface area contributed by atoms with Gasteiger partial charge in [0.05, 0.1) is 24.2 Å². The van der Waals surface area contributed by atoms with Gasteiger partial charge in [0, 0.05) is 0 Å². The average Bonchev–Trinajstić information content (AvgIpc) is 2.45. The van der Waals surface area contributed by atoms with Gasteiger partial charge in [0.25, 0.3) is 0 Å². The number of ether oxygens (including phenoxy) is 1. The number of nitrogens with zero attached hydrogens (tertiary/aromatic N) is 1. The summed E-state index contributed by atoms with van der Waals surface area (Å²) in [6.07, 6.45) is 4.01. The Bertz CT molecular complexity index is 161. The van der Waals surface area contributed by atoms with E-state index in [9.17, 15) is 0 Å². The van der Waals surface area contributed by atoms with Crippen LogP contribution in [0, 0.1) is 17.2 Å². The molecule has 9 heavy (non-hydrogen) atoms. The molecule has 2 heterocycles. The van der Waals surface area contributed by atoms with Gasteiger partial charge < -0.3 is 4.74 Å². The highest BCUT2D eigenvalue weighted by Gasteiger charge is 2.40. The van der Waals surface area contributed by atoms with Crippen LogP contribution < -0.4 is 0 Å². The minimum atomic E-state index is 0.212. The number of hydrogen-bond acceptors (Lipinski definition) is 2. The van der Waals surface area contributed by atoms with Crippen molar-refractivity contribution in [3.63, 3.8) is 0 Å². The van der Waals surface area contributed by atoms with Crippen LogP contribution in [0.25, 0.3) is 0 Å². The molecule has 2 heteroatoms. The standard InChI is InChI=1S/C7H9NO/c8-4-5-3-6-1-2-7(5)9-6/h5-7H,1-3H2/t5?,6-,7+/m1/s1. The number of nitriles is 1. The summed E-state index contributed by atoms with van der Waals surface area (Å²) < 4.78 is 5.45. The number of hydrogen-bond donors (Lipinski definition) is 0. The highest BCUT2D eigenvalue weighted by atomic mass is 16.5. The molecule has 0 amide bonds. The lowest BCUT2D eigenvalue weighted by molar-refractivity contribution is 0.0986. The molecule has 0 N–H and O–H groups in total. The van der Waals surface area contributed by atoms with E-state index in [0.29, 0.717) is 12.2 Å². The van der Waals surface area contributed by atoms with E-state index in [-0.39, 0.29) is 5.92 Å². The zero-order chi connectivity index (χ0) is 6.27. The minimum absolute atomic E-state index is 0.212. The van der Waals surface area contributed by atoms with Crippen molar-refractivity contribution < 1.29 is 4.74 Å². The van der Waals surface area contributed by atoms with Crippen LogP contribution in [0.3, 0.4) is 0 Å². The molecule has 0 aliphatic carbocycles. The van der Waals surface area contributed by atoms with E-state index in [1.165, 1.54) is 6.42 Å². The predicted octanol–water partition coefficient (Wildman–Crippen LogP) is 1.08. The van der Waals surface area contributed by atoms with E-state index in [2.05, 4.69) is 6.07 Å². The maximum absolute atomic E-state index is 8.56. The van der Waals surface area contributed by atoms with E-state index in [1.54, 1.807) is 0 Å². The highest BCUT2D eigenvalue weighted by Crippen LogP contribution is 2.37. The molecule has 2 fully saturated rings. The Kier molecular flexibility index (Phi) is 1.000. The molecule has 3 atom stereocenters. The van der Waals surface area contributed by atoms with Gasteiger partial charge in [-0.15, -0.1) is 0 Å². The lowest BCUT2D eigenvalue weighted by Crippen LogP contribution is -2.13. The van der Waals surface area contributed by atoms with Gasteiger partial charge in [-0.1, -0.05) is 0 Å². The van der Waals surface area contributed by atoms with Crippen LogP contribution in [0.15, 0.2) is 0 Å². The van der Waals surface area contributed by atoms with Gasteiger partial charge in [-0.05, 0) is 19.3 Å². The second kappa shape index (κ2) is 1.71. The molecule has 2 saturated heterocycles.